The second-order valence-electron chi connectivity index (χ2n) is 6.82. The molecule has 1 aromatic rings. The topological polar surface area (TPSA) is 55.8 Å². The molecule has 128 valence electrons. The summed E-state index contributed by atoms with van der Waals surface area (Å²) >= 11 is 0. The largest absolute Gasteiger partial charge is 0.419 e. The van der Waals surface area contributed by atoms with Gasteiger partial charge in [-0.05, 0) is 43.1 Å². The van der Waals surface area contributed by atoms with Crippen molar-refractivity contribution in [3.63, 3.8) is 0 Å². The van der Waals surface area contributed by atoms with E-state index in [1.807, 2.05) is 24.3 Å². The smallest absolute Gasteiger partial charge is 0.348 e. The fraction of sp³-hybridized carbons (Fsp3) is 0.474. The quantitative estimate of drug-likeness (QED) is 0.485. The highest BCUT2D eigenvalue weighted by atomic mass is 16.7. The Bertz CT molecular complexity index is 632. The zero-order chi connectivity index (χ0) is 17.2. The molecule has 2 saturated heterocycles. The van der Waals surface area contributed by atoms with Gasteiger partial charge < -0.3 is 9.47 Å². The molecule has 0 spiro atoms. The molecule has 0 unspecified atom stereocenters. The summed E-state index contributed by atoms with van der Waals surface area (Å²) in [5.41, 5.74) is 1.94. The van der Waals surface area contributed by atoms with Crippen LogP contribution in [0.5, 0.6) is 0 Å². The molecular weight excluding hydrogens is 306 g/mol. The monoisotopic (exact) mass is 329 g/mol. The molecule has 0 atom stereocenters. The Morgan fingerprint density at radius 3 is 2.17 bits per heavy atom. The van der Waals surface area contributed by atoms with E-state index in [4.69, 9.17) is 9.47 Å². The van der Waals surface area contributed by atoms with Crippen molar-refractivity contribution < 1.29 is 19.1 Å². The maximum atomic E-state index is 12.0. The van der Waals surface area contributed by atoms with Crippen molar-refractivity contribution in [2.75, 3.05) is 13.1 Å². The van der Waals surface area contributed by atoms with Crippen LogP contribution in [0.2, 0.25) is 0 Å². The lowest BCUT2D eigenvalue weighted by Gasteiger charge is -2.29. The van der Waals surface area contributed by atoms with E-state index < -0.39 is 17.7 Å². The van der Waals surface area contributed by atoms with Gasteiger partial charge in [-0.25, -0.2) is 9.59 Å². The van der Waals surface area contributed by atoms with E-state index in [9.17, 15) is 9.59 Å². The summed E-state index contributed by atoms with van der Waals surface area (Å²) in [6.45, 7) is 6.32. The summed E-state index contributed by atoms with van der Waals surface area (Å²) in [5, 5.41) is 0. The number of benzene rings is 1. The van der Waals surface area contributed by atoms with E-state index in [-0.39, 0.29) is 5.57 Å². The number of esters is 2. The number of likely N-dealkylation sites (tertiary alicyclic amines) is 1. The van der Waals surface area contributed by atoms with E-state index in [1.165, 1.54) is 44.7 Å². The fourth-order valence-electron chi connectivity index (χ4n) is 3.04. The molecule has 2 heterocycles. The van der Waals surface area contributed by atoms with Gasteiger partial charge >= 0.3 is 11.9 Å². The summed E-state index contributed by atoms with van der Waals surface area (Å²) < 4.78 is 10.2. The highest BCUT2D eigenvalue weighted by Gasteiger charge is 2.38. The van der Waals surface area contributed by atoms with Gasteiger partial charge in [0.25, 0.3) is 5.79 Å². The molecule has 2 fully saturated rings. The lowest BCUT2D eigenvalue weighted by Crippen LogP contribution is -2.41. The third-order valence-corrected chi connectivity index (χ3v) is 4.26. The molecule has 0 radical (unpaired) electrons. The van der Waals surface area contributed by atoms with Crippen LogP contribution in [0.1, 0.15) is 44.2 Å². The Hall–Kier alpha value is -2.14. The van der Waals surface area contributed by atoms with Gasteiger partial charge in [0, 0.05) is 20.4 Å². The number of cyclic esters (lactones) is 2. The molecular formula is C19H23NO4. The second kappa shape index (κ2) is 6.77. The van der Waals surface area contributed by atoms with E-state index in [2.05, 4.69) is 4.90 Å². The third-order valence-electron chi connectivity index (χ3n) is 4.26. The lowest BCUT2D eigenvalue weighted by molar-refractivity contribution is -0.222. The van der Waals surface area contributed by atoms with Crippen molar-refractivity contribution in [1.29, 1.82) is 0 Å². The summed E-state index contributed by atoms with van der Waals surface area (Å²) in [7, 11) is 0. The maximum Gasteiger partial charge on any atom is 0.348 e. The normalized spacial score (nSPS) is 21.2. The molecule has 5 heteroatoms. The predicted octanol–water partition coefficient (Wildman–Crippen LogP) is 2.89. The van der Waals surface area contributed by atoms with Gasteiger partial charge in [0.15, 0.2) is 0 Å². The number of carbonyl (C=O) groups is 2. The molecule has 0 aromatic heterocycles. The Balaban J connectivity index is 1.69. The van der Waals surface area contributed by atoms with E-state index >= 15 is 0 Å². The van der Waals surface area contributed by atoms with Crippen LogP contribution in [-0.4, -0.2) is 35.7 Å². The maximum absolute atomic E-state index is 12.0. The van der Waals surface area contributed by atoms with Crippen molar-refractivity contribution in [1.82, 2.24) is 4.90 Å². The van der Waals surface area contributed by atoms with E-state index in [0.29, 0.717) is 0 Å². The minimum Gasteiger partial charge on any atom is -0.419 e. The van der Waals surface area contributed by atoms with Gasteiger partial charge in [0.2, 0.25) is 0 Å². The van der Waals surface area contributed by atoms with Crippen molar-refractivity contribution in [2.24, 2.45) is 0 Å². The van der Waals surface area contributed by atoms with Gasteiger partial charge in [-0.15, -0.1) is 0 Å². The average Bonchev–Trinajstić information content (AvgIpc) is 2.53. The van der Waals surface area contributed by atoms with Gasteiger partial charge in [-0.3, -0.25) is 4.90 Å². The van der Waals surface area contributed by atoms with Crippen molar-refractivity contribution >= 4 is 18.0 Å². The molecule has 0 aliphatic carbocycles. The van der Waals surface area contributed by atoms with Gasteiger partial charge in [0.05, 0.1) is 0 Å². The predicted molar refractivity (Wildman–Crippen MR) is 89.8 cm³/mol. The number of rotatable bonds is 3. The number of nitrogens with zero attached hydrogens (tertiary/aromatic N) is 1. The Morgan fingerprint density at radius 1 is 1.00 bits per heavy atom. The average molecular weight is 329 g/mol. The number of piperidine rings is 1. The van der Waals surface area contributed by atoms with Crippen LogP contribution in [0.25, 0.3) is 6.08 Å². The van der Waals surface area contributed by atoms with Crippen LogP contribution in [-0.2, 0) is 25.6 Å². The fourth-order valence-corrected chi connectivity index (χ4v) is 3.04. The first-order chi connectivity index (χ1) is 11.4. The molecule has 2 aliphatic heterocycles. The van der Waals surface area contributed by atoms with E-state index in [1.54, 1.807) is 0 Å². The number of carbonyl (C=O) groups excluding carboxylic acids is 2. The minimum atomic E-state index is -1.20. The first kappa shape index (κ1) is 16.7. The third kappa shape index (κ3) is 4.03. The molecule has 0 N–H and O–H groups in total. The number of hydrogen-bond donors (Lipinski definition) is 0. The van der Waals surface area contributed by atoms with Crippen LogP contribution in [0.15, 0.2) is 29.8 Å². The zero-order valence-electron chi connectivity index (χ0n) is 14.2. The van der Waals surface area contributed by atoms with Crippen LogP contribution < -0.4 is 0 Å². The van der Waals surface area contributed by atoms with Crippen LogP contribution in [0.3, 0.4) is 0 Å². The summed E-state index contributed by atoms with van der Waals surface area (Å²) in [6.07, 6.45) is 5.38. The summed E-state index contributed by atoms with van der Waals surface area (Å²) in [6, 6.07) is 7.88. The summed E-state index contributed by atoms with van der Waals surface area (Å²) in [4.78, 5) is 26.4. The standard InChI is InChI=1S/C19H23NO4/c1-19(2)23-17(21)16(18(22)24-19)12-14-6-8-15(9-7-14)13-20-10-4-3-5-11-20/h6-9,12H,3-5,10-11,13H2,1-2H3. The highest BCUT2D eigenvalue weighted by molar-refractivity contribution is 6.18. The Kier molecular flexibility index (Phi) is 4.71. The number of hydrogen-bond acceptors (Lipinski definition) is 5. The Labute approximate surface area is 142 Å². The molecule has 2 aliphatic rings. The second-order valence-corrected chi connectivity index (χ2v) is 6.82. The van der Waals surface area contributed by atoms with E-state index in [0.717, 1.165) is 25.2 Å². The molecule has 1 aromatic carbocycles. The van der Waals surface area contributed by atoms with Crippen LogP contribution >= 0.6 is 0 Å². The minimum absolute atomic E-state index is 0.0712. The van der Waals surface area contributed by atoms with Gasteiger partial charge in [-0.2, -0.15) is 0 Å². The van der Waals surface area contributed by atoms with Crippen molar-refractivity contribution in [3.8, 4) is 0 Å². The highest BCUT2D eigenvalue weighted by Crippen LogP contribution is 2.24. The van der Waals surface area contributed by atoms with Gasteiger partial charge in [0.1, 0.15) is 5.57 Å². The van der Waals surface area contributed by atoms with Crippen molar-refractivity contribution in [3.05, 3.63) is 41.0 Å². The summed E-state index contributed by atoms with van der Waals surface area (Å²) in [5.74, 6) is -2.49. The zero-order valence-corrected chi connectivity index (χ0v) is 14.2. The molecule has 0 bridgehead atoms. The molecule has 24 heavy (non-hydrogen) atoms. The first-order valence-corrected chi connectivity index (χ1v) is 8.43. The SMILES string of the molecule is CC1(C)OC(=O)C(=Cc2ccc(CN3CCCCC3)cc2)C(=O)O1. The molecule has 5 nitrogen and oxygen atoms in total. The molecule has 0 amide bonds. The molecule has 3 rings (SSSR count). The van der Waals surface area contributed by atoms with Crippen LogP contribution in [0.4, 0.5) is 0 Å². The number of ether oxygens (including phenoxy) is 2. The lowest BCUT2D eigenvalue weighted by atomic mass is 10.1. The van der Waals surface area contributed by atoms with Crippen molar-refractivity contribution in [2.45, 2.75) is 45.4 Å². The Morgan fingerprint density at radius 2 is 1.58 bits per heavy atom. The van der Waals surface area contributed by atoms with Gasteiger partial charge in [-0.1, -0.05) is 30.7 Å². The molecule has 0 saturated carbocycles. The van der Waals surface area contributed by atoms with Crippen LogP contribution in [0, 0.1) is 0 Å². The first-order valence-electron chi connectivity index (χ1n) is 8.43.